The molecule has 2 rings (SSSR count). The largest absolute Gasteiger partial charge is 0.383 e. The van der Waals surface area contributed by atoms with Crippen molar-refractivity contribution in [1.29, 1.82) is 0 Å². The number of rotatable bonds is 13. The molecule has 2 amide bonds. The number of anilines is 3. The predicted molar refractivity (Wildman–Crippen MR) is 120 cm³/mol. The first-order valence-electron chi connectivity index (χ1n) is 9.57. The Morgan fingerprint density at radius 1 is 1.16 bits per heavy atom. The van der Waals surface area contributed by atoms with Gasteiger partial charge in [-0.25, -0.2) is 4.98 Å². The number of aromatic nitrogens is 1. The molecule has 0 saturated heterocycles. The van der Waals surface area contributed by atoms with E-state index >= 15 is 0 Å². The quantitative estimate of drug-likeness (QED) is 0.268. The summed E-state index contributed by atoms with van der Waals surface area (Å²) in [7, 11) is 0. The molecule has 31 heavy (non-hydrogen) atoms. The van der Waals surface area contributed by atoms with Crippen LogP contribution in [0.5, 0.6) is 0 Å². The molecule has 0 spiro atoms. The molecule has 0 aliphatic heterocycles. The Kier molecular flexibility index (Phi) is 9.97. The highest BCUT2D eigenvalue weighted by Crippen LogP contribution is 2.31. The van der Waals surface area contributed by atoms with E-state index in [0.29, 0.717) is 56.6 Å². The van der Waals surface area contributed by atoms with Gasteiger partial charge in [-0.05, 0) is 30.3 Å². The standard InChI is InChI=1S/C19H26N6O5S/c1-12-18(25-28)31-19(22-12)24-17(27)15-4-3-14(11-16(15)23-13(2)26)21-6-8-30-10-9-29-7-5-20/h3-4,11,21H,5-10,20H2,1-2H3,(H,23,26)(H,22,24,27). The van der Waals surface area contributed by atoms with Crippen LogP contribution in [0.15, 0.2) is 23.4 Å². The summed E-state index contributed by atoms with van der Waals surface area (Å²) in [4.78, 5) is 39.1. The van der Waals surface area contributed by atoms with Gasteiger partial charge in [-0.3, -0.25) is 14.9 Å². The van der Waals surface area contributed by atoms with E-state index in [1.54, 1.807) is 25.1 Å². The summed E-state index contributed by atoms with van der Waals surface area (Å²) >= 11 is 0.976. The average molecular weight is 451 g/mol. The molecule has 11 nitrogen and oxygen atoms in total. The molecule has 12 heteroatoms. The highest BCUT2D eigenvalue weighted by Gasteiger charge is 2.16. The lowest BCUT2D eigenvalue weighted by molar-refractivity contribution is -0.114. The summed E-state index contributed by atoms with van der Waals surface area (Å²) in [6.07, 6.45) is 0. The van der Waals surface area contributed by atoms with Gasteiger partial charge >= 0.3 is 0 Å². The number of carbonyl (C=O) groups excluding carboxylic acids is 2. The van der Waals surface area contributed by atoms with Crippen molar-refractivity contribution in [2.75, 3.05) is 55.5 Å². The van der Waals surface area contributed by atoms with E-state index in [9.17, 15) is 14.5 Å². The second-order valence-corrected chi connectivity index (χ2v) is 7.31. The van der Waals surface area contributed by atoms with E-state index in [0.717, 1.165) is 11.3 Å². The van der Waals surface area contributed by atoms with Gasteiger partial charge in [0.1, 0.15) is 0 Å². The highest BCUT2D eigenvalue weighted by atomic mass is 32.1. The van der Waals surface area contributed by atoms with Crippen molar-refractivity contribution in [2.45, 2.75) is 13.8 Å². The maximum Gasteiger partial charge on any atom is 0.259 e. The van der Waals surface area contributed by atoms with Crippen molar-refractivity contribution in [3.05, 3.63) is 34.4 Å². The number of amides is 2. The van der Waals surface area contributed by atoms with Gasteiger partial charge in [0.2, 0.25) is 5.91 Å². The zero-order valence-corrected chi connectivity index (χ0v) is 18.2. The number of nitrogens with one attached hydrogen (secondary N) is 3. The maximum atomic E-state index is 12.7. The van der Waals surface area contributed by atoms with Gasteiger partial charge in [0.15, 0.2) is 10.1 Å². The third-order valence-corrected chi connectivity index (χ3v) is 4.81. The SMILES string of the molecule is CC(=O)Nc1cc(NCCOCCOCCN)ccc1C(=O)Nc1nc(C)c(N=O)s1. The number of benzene rings is 1. The van der Waals surface area contributed by atoms with Crippen LogP contribution in [0.25, 0.3) is 0 Å². The van der Waals surface area contributed by atoms with Gasteiger partial charge in [-0.15, -0.1) is 4.91 Å². The molecule has 0 fully saturated rings. The monoisotopic (exact) mass is 450 g/mol. The van der Waals surface area contributed by atoms with Crippen LogP contribution in [0.4, 0.5) is 21.5 Å². The first-order valence-corrected chi connectivity index (χ1v) is 10.4. The minimum absolute atomic E-state index is 0.199. The Labute approximate surface area is 183 Å². The fourth-order valence-electron chi connectivity index (χ4n) is 2.51. The van der Waals surface area contributed by atoms with Crippen molar-refractivity contribution in [2.24, 2.45) is 10.9 Å². The van der Waals surface area contributed by atoms with Gasteiger partial charge < -0.3 is 25.8 Å². The van der Waals surface area contributed by atoms with Gasteiger partial charge in [-0.1, -0.05) is 11.3 Å². The predicted octanol–water partition coefficient (Wildman–Crippen LogP) is 2.46. The maximum absolute atomic E-state index is 12.7. The second kappa shape index (κ2) is 12.7. The third-order valence-electron chi connectivity index (χ3n) is 3.86. The Bertz CT molecular complexity index is 904. The molecule has 168 valence electrons. The number of nitrogens with zero attached hydrogens (tertiary/aromatic N) is 2. The first-order chi connectivity index (χ1) is 14.9. The van der Waals surface area contributed by atoms with Gasteiger partial charge in [-0.2, -0.15) is 0 Å². The molecule has 2 aromatic rings. The third kappa shape index (κ3) is 8.02. The van der Waals surface area contributed by atoms with Crippen LogP contribution in [0.1, 0.15) is 23.0 Å². The summed E-state index contributed by atoms with van der Waals surface area (Å²) < 4.78 is 10.7. The number of aryl methyl sites for hydroxylation is 1. The van der Waals surface area contributed by atoms with Gasteiger partial charge in [0.05, 0.1) is 43.4 Å². The Morgan fingerprint density at radius 3 is 2.55 bits per heavy atom. The Morgan fingerprint density at radius 2 is 1.90 bits per heavy atom. The number of thiazole rings is 1. The van der Waals surface area contributed by atoms with E-state index in [4.69, 9.17) is 15.2 Å². The number of hydrogen-bond acceptors (Lipinski definition) is 10. The van der Waals surface area contributed by atoms with Crippen molar-refractivity contribution >= 4 is 44.7 Å². The molecule has 1 aromatic heterocycles. The topological polar surface area (TPSA) is 157 Å². The molecule has 0 atom stereocenters. The summed E-state index contributed by atoms with van der Waals surface area (Å²) in [5.41, 5.74) is 7.07. The number of ether oxygens (including phenoxy) is 2. The van der Waals surface area contributed by atoms with Crippen LogP contribution in [-0.4, -0.2) is 56.3 Å². The molecule has 1 heterocycles. The van der Waals surface area contributed by atoms with E-state index in [1.807, 2.05) is 0 Å². The van der Waals surface area contributed by atoms with Gasteiger partial charge in [0.25, 0.3) is 5.91 Å². The summed E-state index contributed by atoms with van der Waals surface area (Å²) in [5.74, 6) is -0.785. The number of hydrogen-bond donors (Lipinski definition) is 4. The Balaban J connectivity index is 1.97. The first kappa shape index (κ1) is 24.3. The zero-order chi connectivity index (χ0) is 22.6. The van der Waals surface area contributed by atoms with Crippen molar-refractivity contribution in [1.82, 2.24) is 4.98 Å². The second-order valence-electron chi connectivity index (χ2n) is 6.34. The average Bonchev–Trinajstić information content (AvgIpc) is 3.08. The molecule has 0 radical (unpaired) electrons. The number of carbonyl (C=O) groups is 2. The number of nitroso groups, excluding NO2 is 1. The molecule has 5 N–H and O–H groups in total. The minimum atomic E-state index is -0.470. The lowest BCUT2D eigenvalue weighted by atomic mass is 10.1. The summed E-state index contributed by atoms with van der Waals surface area (Å²) in [6, 6.07) is 4.96. The Hall–Kier alpha value is -2.93. The molecular formula is C19H26N6O5S. The molecule has 0 unspecified atom stereocenters. The van der Waals surface area contributed by atoms with E-state index in [2.05, 4.69) is 26.1 Å². The smallest absolute Gasteiger partial charge is 0.259 e. The van der Waals surface area contributed by atoms with Crippen LogP contribution in [0, 0.1) is 11.8 Å². The molecule has 0 aliphatic rings. The van der Waals surface area contributed by atoms with Crippen LogP contribution >= 0.6 is 11.3 Å². The fraction of sp³-hybridized carbons (Fsp3) is 0.421. The molecule has 0 bridgehead atoms. The van der Waals surface area contributed by atoms with Crippen LogP contribution in [0.2, 0.25) is 0 Å². The van der Waals surface area contributed by atoms with Crippen molar-refractivity contribution in [3.63, 3.8) is 0 Å². The molecule has 1 aromatic carbocycles. The van der Waals surface area contributed by atoms with E-state index < -0.39 is 5.91 Å². The van der Waals surface area contributed by atoms with E-state index in [1.165, 1.54) is 6.92 Å². The lowest BCUT2D eigenvalue weighted by Crippen LogP contribution is -2.17. The van der Waals surface area contributed by atoms with Crippen LogP contribution < -0.4 is 21.7 Å². The van der Waals surface area contributed by atoms with Crippen molar-refractivity contribution in [3.8, 4) is 0 Å². The zero-order valence-electron chi connectivity index (χ0n) is 17.4. The van der Waals surface area contributed by atoms with Crippen LogP contribution in [-0.2, 0) is 14.3 Å². The lowest BCUT2D eigenvalue weighted by Gasteiger charge is -2.13. The molecule has 0 saturated carbocycles. The van der Waals surface area contributed by atoms with E-state index in [-0.39, 0.29) is 21.6 Å². The minimum Gasteiger partial charge on any atom is -0.383 e. The van der Waals surface area contributed by atoms with Crippen LogP contribution in [0.3, 0.4) is 0 Å². The summed E-state index contributed by atoms with van der Waals surface area (Å²) in [6.45, 7) is 5.91. The summed E-state index contributed by atoms with van der Waals surface area (Å²) in [5, 5.41) is 11.8. The molecule has 0 aliphatic carbocycles. The normalized spacial score (nSPS) is 10.5. The van der Waals surface area contributed by atoms with Gasteiger partial charge in [0, 0.05) is 25.7 Å². The van der Waals surface area contributed by atoms with Crippen molar-refractivity contribution < 1.29 is 19.1 Å². The highest BCUT2D eigenvalue weighted by molar-refractivity contribution is 7.19. The fourth-order valence-corrected chi connectivity index (χ4v) is 3.25. The molecular weight excluding hydrogens is 424 g/mol. The number of nitrogens with two attached hydrogens (primary N) is 1.